The minimum atomic E-state index is -3.68. The van der Waals surface area contributed by atoms with Crippen molar-refractivity contribution in [3.05, 3.63) is 71.3 Å². The van der Waals surface area contributed by atoms with Crippen molar-refractivity contribution in [2.45, 2.75) is 25.2 Å². The molecule has 6 rings (SSSR count). The number of hydrogen-bond acceptors (Lipinski definition) is 7. The van der Waals surface area contributed by atoms with Crippen molar-refractivity contribution < 1.29 is 17.9 Å². The number of rotatable bonds is 5. The van der Waals surface area contributed by atoms with Crippen LogP contribution in [0.2, 0.25) is 0 Å². The van der Waals surface area contributed by atoms with E-state index in [2.05, 4.69) is 23.7 Å². The molecule has 1 aromatic heterocycles. The molecule has 3 aromatic rings. The number of aromatic nitrogens is 2. The Kier molecular flexibility index (Phi) is 7.86. The van der Waals surface area contributed by atoms with Crippen LogP contribution in [0.25, 0.3) is 23.0 Å². The molecule has 3 aliphatic heterocycles. The van der Waals surface area contributed by atoms with Crippen LogP contribution in [0.1, 0.15) is 25.8 Å². The van der Waals surface area contributed by atoms with Crippen LogP contribution < -0.4 is 0 Å². The topological polar surface area (TPSA) is 97.1 Å². The summed E-state index contributed by atoms with van der Waals surface area (Å²) in [5.41, 5.74) is 2.81. The van der Waals surface area contributed by atoms with Crippen molar-refractivity contribution in [3.8, 4) is 16.9 Å². The predicted octanol–water partition coefficient (Wildman–Crippen LogP) is 4.51. The number of thioether (sulfide) groups is 1. The van der Waals surface area contributed by atoms with Crippen molar-refractivity contribution >= 4 is 38.9 Å². The summed E-state index contributed by atoms with van der Waals surface area (Å²) in [6.07, 6.45) is 4.70. The van der Waals surface area contributed by atoms with Crippen LogP contribution in [-0.4, -0.2) is 77.9 Å². The summed E-state index contributed by atoms with van der Waals surface area (Å²) in [6.45, 7) is 7.83. The molecule has 0 saturated carbocycles. The zero-order valence-corrected chi connectivity index (χ0v) is 24.8. The number of sulfonamides is 1. The summed E-state index contributed by atoms with van der Waals surface area (Å²) in [7, 11) is -3.68. The molecular weight excluding hydrogens is 558 g/mol. The van der Waals surface area contributed by atoms with E-state index in [0.717, 1.165) is 12.1 Å². The average Bonchev–Trinajstić information content (AvgIpc) is 3.57. The number of carbonyl (C=O) groups excluding carboxylic acids is 1. The van der Waals surface area contributed by atoms with Crippen LogP contribution in [0.5, 0.6) is 0 Å². The zero-order chi connectivity index (χ0) is 28.6. The Bertz CT molecular complexity index is 1600. The number of aliphatic imine (C=N–C) groups is 1. The second-order valence-electron chi connectivity index (χ2n) is 10.9. The molecule has 214 valence electrons. The van der Waals surface area contributed by atoms with E-state index in [4.69, 9.17) is 9.84 Å². The van der Waals surface area contributed by atoms with Gasteiger partial charge in [-0.2, -0.15) is 14.4 Å². The number of amides is 1. The second kappa shape index (κ2) is 11.6. The average molecular weight is 592 g/mol. The molecule has 2 aromatic carbocycles. The lowest BCUT2D eigenvalue weighted by atomic mass is 9.94. The maximum atomic E-state index is 13.7. The molecule has 2 atom stereocenters. The lowest BCUT2D eigenvalue weighted by molar-refractivity contribution is -0.113. The van der Waals surface area contributed by atoms with Gasteiger partial charge in [0.25, 0.3) is 5.91 Å². The Labute approximate surface area is 244 Å². The predicted molar refractivity (Wildman–Crippen MR) is 161 cm³/mol. The SMILES string of the molecule is CC1CC(C)CN(S(=O)(=O)c2cccc(-c3nn(-c4ccccc4)cc3/C=C3\SC(N4CCOCC4)=NC3=O)c2)C1. The number of amidine groups is 1. The molecule has 11 heteroatoms. The molecule has 0 N–H and O–H groups in total. The smallest absolute Gasteiger partial charge is 0.286 e. The standard InChI is InChI=1S/C30H33N5O4S2/c1-21-15-22(2)19-34(18-21)41(37,38)26-10-6-7-23(16-26)28-24(20-35(32-28)25-8-4-3-5-9-25)17-27-29(36)31-30(40-27)33-11-13-39-14-12-33/h3-10,16-17,20-22H,11-15,18-19H2,1-2H3/b27-17-. The lowest BCUT2D eigenvalue weighted by Crippen LogP contribution is -2.42. The number of ether oxygens (including phenoxy) is 1. The highest BCUT2D eigenvalue weighted by atomic mass is 32.2. The molecule has 2 unspecified atom stereocenters. The van der Waals surface area contributed by atoms with Crippen LogP contribution in [0.3, 0.4) is 0 Å². The highest BCUT2D eigenvalue weighted by molar-refractivity contribution is 8.18. The van der Waals surface area contributed by atoms with E-state index < -0.39 is 10.0 Å². The molecule has 4 heterocycles. The van der Waals surface area contributed by atoms with E-state index in [1.54, 1.807) is 33.3 Å². The van der Waals surface area contributed by atoms with Gasteiger partial charge in [0.15, 0.2) is 5.17 Å². The molecule has 41 heavy (non-hydrogen) atoms. The van der Waals surface area contributed by atoms with Gasteiger partial charge in [-0.25, -0.2) is 13.1 Å². The van der Waals surface area contributed by atoms with Gasteiger partial charge in [0.05, 0.1) is 28.7 Å². The molecule has 2 saturated heterocycles. The Morgan fingerprint density at radius 3 is 2.46 bits per heavy atom. The van der Waals surface area contributed by atoms with Crippen LogP contribution in [0.4, 0.5) is 0 Å². The monoisotopic (exact) mass is 591 g/mol. The molecular formula is C30H33N5O4S2. The summed E-state index contributed by atoms with van der Waals surface area (Å²) >= 11 is 1.35. The number of hydrogen-bond donors (Lipinski definition) is 0. The van der Waals surface area contributed by atoms with E-state index >= 15 is 0 Å². The Morgan fingerprint density at radius 2 is 1.73 bits per heavy atom. The van der Waals surface area contributed by atoms with Gasteiger partial charge in [-0.1, -0.05) is 44.2 Å². The van der Waals surface area contributed by atoms with Crippen LogP contribution in [0.15, 0.2) is 75.6 Å². The Hall–Kier alpha value is -3.25. The highest BCUT2D eigenvalue weighted by Crippen LogP contribution is 2.35. The highest BCUT2D eigenvalue weighted by Gasteiger charge is 2.32. The van der Waals surface area contributed by atoms with Crippen LogP contribution >= 0.6 is 11.8 Å². The third-order valence-corrected chi connectivity index (χ3v) is 10.4. The summed E-state index contributed by atoms with van der Waals surface area (Å²) in [5, 5.41) is 5.55. The molecule has 9 nitrogen and oxygen atoms in total. The van der Waals surface area contributed by atoms with Crippen molar-refractivity contribution in [2.24, 2.45) is 16.8 Å². The second-order valence-corrected chi connectivity index (χ2v) is 13.9. The number of piperidine rings is 1. The maximum Gasteiger partial charge on any atom is 0.286 e. The third-order valence-electron chi connectivity index (χ3n) is 7.52. The molecule has 0 spiro atoms. The van der Waals surface area contributed by atoms with E-state index in [-0.39, 0.29) is 10.8 Å². The summed E-state index contributed by atoms with van der Waals surface area (Å²) in [6, 6.07) is 16.7. The van der Waals surface area contributed by atoms with Crippen molar-refractivity contribution in [3.63, 3.8) is 0 Å². The largest absolute Gasteiger partial charge is 0.378 e. The van der Waals surface area contributed by atoms with Gasteiger partial charge in [-0.05, 0) is 60.4 Å². The minimum absolute atomic E-state index is 0.244. The first-order valence-electron chi connectivity index (χ1n) is 13.9. The van der Waals surface area contributed by atoms with Gasteiger partial charge in [0, 0.05) is 43.5 Å². The summed E-state index contributed by atoms with van der Waals surface area (Å²) in [5.74, 6) is 0.324. The number of carbonyl (C=O) groups is 1. The normalized spacial score (nSPS) is 23.3. The van der Waals surface area contributed by atoms with Crippen molar-refractivity contribution in [1.29, 1.82) is 0 Å². The fraction of sp³-hybridized carbons (Fsp3) is 0.367. The first-order chi connectivity index (χ1) is 19.8. The Morgan fingerprint density at radius 1 is 1.00 bits per heavy atom. The van der Waals surface area contributed by atoms with E-state index in [9.17, 15) is 13.2 Å². The molecule has 0 bridgehead atoms. The van der Waals surface area contributed by atoms with Gasteiger partial charge < -0.3 is 9.64 Å². The summed E-state index contributed by atoms with van der Waals surface area (Å²) < 4.78 is 36.2. The minimum Gasteiger partial charge on any atom is -0.378 e. The van der Waals surface area contributed by atoms with Gasteiger partial charge in [0.2, 0.25) is 10.0 Å². The molecule has 3 aliphatic rings. The number of para-hydroxylation sites is 1. The van der Waals surface area contributed by atoms with E-state index in [1.807, 2.05) is 42.6 Å². The van der Waals surface area contributed by atoms with E-state index in [1.165, 1.54) is 11.8 Å². The van der Waals surface area contributed by atoms with Crippen LogP contribution in [0, 0.1) is 11.8 Å². The number of benzene rings is 2. The first-order valence-corrected chi connectivity index (χ1v) is 16.1. The fourth-order valence-corrected chi connectivity index (χ4v) is 8.30. The molecule has 0 aliphatic carbocycles. The fourth-order valence-electron chi connectivity index (χ4n) is 5.61. The van der Waals surface area contributed by atoms with Gasteiger partial charge in [-0.3, -0.25) is 4.79 Å². The molecule has 0 radical (unpaired) electrons. The van der Waals surface area contributed by atoms with Gasteiger partial charge >= 0.3 is 0 Å². The Balaban J connectivity index is 1.37. The lowest BCUT2D eigenvalue weighted by Gasteiger charge is -2.34. The van der Waals surface area contributed by atoms with Crippen LogP contribution in [-0.2, 0) is 19.6 Å². The van der Waals surface area contributed by atoms with Gasteiger partial charge in [0.1, 0.15) is 5.69 Å². The van der Waals surface area contributed by atoms with E-state index in [0.29, 0.717) is 78.1 Å². The maximum absolute atomic E-state index is 13.7. The molecule has 2 fully saturated rings. The first kappa shape index (κ1) is 27.9. The summed E-state index contributed by atoms with van der Waals surface area (Å²) in [4.78, 5) is 20.0. The number of nitrogens with zero attached hydrogens (tertiary/aromatic N) is 5. The molecule has 1 amide bonds. The third kappa shape index (κ3) is 5.90. The van der Waals surface area contributed by atoms with Crippen molar-refractivity contribution in [2.75, 3.05) is 39.4 Å². The van der Waals surface area contributed by atoms with Gasteiger partial charge in [-0.15, -0.1) is 0 Å². The zero-order valence-electron chi connectivity index (χ0n) is 23.1. The van der Waals surface area contributed by atoms with Crippen molar-refractivity contribution in [1.82, 2.24) is 19.0 Å². The quantitative estimate of drug-likeness (QED) is 0.403. The number of morpholine rings is 1.